The number of aryl methyl sites for hydroxylation is 2. The molecule has 1 aliphatic heterocycles. The van der Waals surface area contributed by atoms with Gasteiger partial charge in [-0.2, -0.15) is 0 Å². The first-order chi connectivity index (χ1) is 8.06. The molecule has 0 spiro atoms. The van der Waals surface area contributed by atoms with Gasteiger partial charge in [-0.15, -0.1) is 0 Å². The first kappa shape index (κ1) is 12.4. The van der Waals surface area contributed by atoms with E-state index in [0.717, 1.165) is 19.0 Å². The predicted octanol–water partition coefficient (Wildman–Crippen LogP) is 2.74. The lowest BCUT2D eigenvalue weighted by atomic mass is 9.96. The number of nitrogens with one attached hydrogen (secondary N) is 1. The predicted molar refractivity (Wildman–Crippen MR) is 74.8 cm³/mol. The average Bonchev–Trinajstić information content (AvgIpc) is 2.26. The summed E-state index contributed by atoms with van der Waals surface area (Å²) in [6.07, 6.45) is 1.29. The topological polar surface area (TPSA) is 15.3 Å². The largest absolute Gasteiger partial charge is 0.370 e. The van der Waals surface area contributed by atoms with Gasteiger partial charge in [-0.25, -0.2) is 0 Å². The fourth-order valence-electron chi connectivity index (χ4n) is 2.79. The molecule has 0 saturated carbocycles. The van der Waals surface area contributed by atoms with E-state index in [-0.39, 0.29) is 0 Å². The van der Waals surface area contributed by atoms with Gasteiger partial charge in [0, 0.05) is 25.3 Å². The van der Waals surface area contributed by atoms with Crippen molar-refractivity contribution < 1.29 is 0 Å². The fourth-order valence-corrected chi connectivity index (χ4v) is 2.79. The van der Waals surface area contributed by atoms with Crippen LogP contribution in [0.25, 0.3) is 0 Å². The number of hydrogen-bond donors (Lipinski definition) is 1. The van der Waals surface area contributed by atoms with E-state index in [1.54, 1.807) is 0 Å². The molecule has 0 radical (unpaired) electrons. The van der Waals surface area contributed by atoms with E-state index in [1.807, 2.05) is 0 Å². The number of benzene rings is 1. The zero-order valence-electron chi connectivity index (χ0n) is 11.5. The Hall–Kier alpha value is -1.02. The summed E-state index contributed by atoms with van der Waals surface area (Å²) in [6, 6.07) is 7.43. The van der Waals surface area contributed by atoms with Crippen LogP contribution in [0, 0.1) is 19.8 Å². The maximum Gasteiger partial charge on any atom is 0.0414 e. The standard InChI is InChI=1S/C15H24N2/c1-11-5-12(2)7-14(6-11)17(4)15-8-13(3)9-16-10-15/h5-7,13,15-16H,8-10H2,1-4H3. The van der Waals surface area contributed by atoms with Gasteiger partial charge in [0.05, 0.1) is 0 Å². The molecule has 2 heteroatoms. The zero-order chi connectivity index (χ0) is 12.4. The molecule has 94 valence electrons. The second kappa shape index (κ2) is 5.09. The Morgan fingerprint density at radius 1 is 1.12 bits per heavy atom. The zero-order valence-corrected chi connectivity index (χ0v) is 11.5. The van der Waals surface area contributed by atoms with Crippen molar-refractivity contribution in [1.82, 2.24) is 5.32 Å². The smallest absolute Gasteiger partial charge is 0.0414 e. The van der Waals surface area contributed by atoms with E-state index in [2.05, 4.69) is 56.2 Å². The van der Waals surface area contributed by atoms with Gasteiger partial charge < -0.3 is 10.2 Å². The van der Waals surface area contributed by atoms with Gasteiger partial charge in [-0.1, -0.05) is 13.0 Å². The maximum atomic E-state index is 3.52. The molecule has 1 fully saturated rings. The second-order valence-corrected chi connectivity index (χ2v) is 5.61. The summed E-state index contributed by atoms with van der Waals surface area (Å²) in [6.45, 7) is 8.94. The van der Waals surface area contributed by atoms with Crippen LogP contribution in [0.2, 0.25) is 0 Å². The van der Waals surface area contributed by atoms with Crippen LogP contribution in [0.4, 0.5) is 5.69 Å². The Bertz CT molecular complexity index is 366. The van der Waals surface area contributed by atoms with E-state index in [0.29, 0.717) is 6.04 Å². The highest BCUT2D eigenvalue weighted by Gasteiger charge is 2.22. The van der Waals surface area contributed by atoms with Crippen molar-refractivity contribution in [3.8, 4) is 0 Å². The van der Waals surface area contributed by atoms with E-state index < -0.39 is 0 Å². The molecule has 2 rings (SSSR count). The van der Waals surface area contributed by atoms with Crippen molar-refractivity contribution in [2.45, 2.75) is 33.2 Å². The maximum absolute atomic E-state index is 3.52. The summed E-state index contributed by atoms with van der Waals surface area (Å²) >= 11 is 0. The summed E-state index contributed by atoms with van der Waals surface area (Å²) in [4.78, 5) is 2.43. The number of piperidine rings is 1. The third-order valence-electron chi connectivity index (χ3n) is 3.71. The molecule has 2 nitrogen and oxygen atoms in total. The minimum atomic E-state index is 0.625. The quantitative estimate of drug-likeness (QED) is 0.843. The Morgan fingerprint density at radius 3 is 2.35 bits per heavy atom. The molecule has 0 aromatic heterocycles. The van der Waals surface area contributed by atoms with Crippen LogP contribution in [-0.4, -0.2) is 26.2 Å². The highest BCUT2D eigenvalue weighted by atomic mass is 15.2. The molecule has 17 heavy (non-hydrogen) atoms. The van der Waals surface area contributed by atoms with E-state index in [9.17, 15) is 0 Å². The number of hydrogen-bond acceptors (Lipinski definition) is 2. The molecule has 1 heterocycles. The van der Waals surface area contributed by atoms with Gasteiger partial charge in [0.2, 0.25) is 0 Å². The number of likely N-dealkylation sites (N-methyl/N-ethyl adjacent to an activating group) is 1. The van der Waals surface area contributed by atoms with Crippen molar-refractivity contribution in [2.75, 3.05) is 25.0 Å². The van der Waals surface area contributed by atoms with Crippen LogP contribution in [0.5, 0.6) is 0 Å². The Labute approximate surface area is 105 Å². The molecule has 2 unspecified atom stereocenters. The molecular formula is C15H24N2. The Kier molecular flexibility index (Phi) is 3.72. The van der Waals surface area contributed by atoms with Crippen LogP contribution in [0.3, 0.4) is 0 Å². The summed E-state index contributed by atoms with van der Waals surface area (Å²) in [5.41, 5.74) is 4.05. The number of rotatable bonds is 2. The highest BCUT2D eigenvalue weighted by Crippen LogP contribution is 2.23. The first-order valence-electron chi connectivity index (χ1n) is 6.58. The summed E-state index contributed by atoms with van der Waals surface area (Å²) in [5, 5.41) is 3.52. The van der Waals surface area contributed by atoms with Gasteiger partial charge in [0.15, 0.2) is 0 Å². The highest BCUT2D eigenvalue weighted by molar-refractivity contribution is 5.51. The van der Waals surface area contributed by atoms with Crippen molar-refractivity contribution >= 4 is 5.69 Å². The van der Waals surface area contributed by atoms with E-state index in [4.69, 9.17) is 0 Å². The normalized spacial score (nSPS) is 24.7. The van der Waals surface area contributed by atoms with Crippen molar-refractivity contribution in [3.05, 3.63) is 29.3 Å². The molecule has 0 aliphatic carbocycles. The second-order valence-electron chi connectivity index (χ2n) is 5.61. The average molecular weight is 232 g/mol. The van der Waals surface area contributed by atoms with Gasteiger partial charge >= 0.3 is 0 Å². The lowest BCUT2D eigenvalue weighted by Crippen LogP contribution is -2.47. The summed E-state index contributed by atoms with van der Waals surface area (Å²) in [7, 11) is 2.22. The van der Waals surface area contributed by atoms with Crippen LogP contribution in [0.1, 0.15) is 24.5 Å². The molecule has 1 saturated heterocycles. The lowest BCUT2D eigenvalue weighted by Gasteiger charge is -2.36. The SMILES string of the molecule is Cc1cc(C)cc(N(C)C2CNCC(C)C2)c1. The van der Waals surface area contributed by atoms with Crippen LogP contribution < -0.4 is 10.2 Å². The molecule has 1 N–H and O–H groups in total. The number of anilines is 1. The van der Waals surface area contributed by atoms with Gasteiger partial charge in [-0.3, -0.25) is 0 Å². The summed E-state index contributed by atoms with van der Waals surface area (Å²) in [5.74, 6) is 0.780. The Balaban J connectivity index is 2.15. The van der Waals surface area contributed by atoms with Gasteiger partial charge in [0.1, 0.15) is 0 Å². The summed E-state index contributed by atoms with van der Waals surface area (Å²) < 4.78 is 0. The van der Waals surface area contributed by atoms with E-state index in [1.165, 1.54) is 23.2 Å². The molecule has 1 aliphatic rings. The molecular weight excluding hydrogens is 208 g/mol. The minimum Gasteiger partial charge on any atom is -0.370 e. The third kappa shape index (κ3) is 3.01. The molecule has 0 bridgehead atoms. The molecule has 0 amide bonds. The number of nitrogens with zero attached hydrogens (tertiary/aromatic N) is 1. The van der Waals surface area contributed by atoms with E-state index >= 15 is 0 Å². The third-order valence-corrected chi connectivity index (χ3v) is 3.71. The fraction of sp³-hybridized carbons (Fsp3) is 0.600. The molecule has 1 aromatic rings. The van der Waals surface area contributed by atoms with Crippen LogP contribution in [0.15, 0.2) is 18.2 Å². The monoisotopic (exact) mass is 232 g/mol. The van der Waals surface area contributed by atoms with Gasteiger partial charge in [0.25, 0.3) is 0 Å². The van der Waals surface area contributed by atoms with Crippen molar-refractivity contribution in [3.63, 3.8) is 0 Å². The van der Waals surface area contributed by atoms with Gasteiger partial charge in [-0.05, 0) is 56.0 Å². The van der Waals surface area contributed by atoms with Crippen molar-refractivity contribution in [2.24, 2.45) is 5.92 Å². The van der Waals surface area contributed by atoms with Crippen molar-refractivity contribution in [1.29, 1.82) is 0 Å². The lowest BCUT2D eigenvalue weighted by molar-refractivity contribution is 0.355. The molecule has 2 atom stereocenters. The Morgan fingerprint density at radius 2 is 1.76 bits per heavy atom. The van der Waals surface area contributed by atoms with Crippen LogP contribution in [-0.2, 0) is 0 Å². The molecule has 1 aromatic carbocycles. The van der Waals surface area contributed by atoms with Crippen LogP contribution >= 0.6 is 0 Å². The minimum absolute atomic E-state index is 0.625. The first-order valence-corrected chi connectivity index (χ1v) is 6.58.